The summed E-state index contributed by atoms with van der Waals surface area (Å²) < 4.78 is 1.95. The van der Waals surface area contributed by atoms with Crippen molar-refractivity contribution in [2.75, 3.05) is 4.90 Å². The van der Waals surface area contributed by atoms with E-state index in [0.29, 0.717) is 11.9 Å². The third-order valence-corrected chi connectivity index (χ3v) is 4.15. The quantitative estimate of drug-likeness (QED) is 0.782. The number of alkyl halides is 1. The molecule has 0 aliphatic carbocycles. The Hall–Kier alpha value is -1.48. The molecule has 19 heavy (non-hydrogen) atoms. The molecule has 4 heteroatoms. The van der Waals surface area contributed by atoms with Gasteiger partial charge in [0.05, 0.1) is 11.6 Å². The first kappa shape index (κ1) is 12.5. The number of nitrogens with zero attached hydrogens (tertiary/aromatic N) is 3. The van der Waals surface area contributed by atoms with E-state index in [2.05, 4.69) is 41.2 Å². The highest BCUT2D eigenvalue weighted by Gasteiger charge is 2.31. The summed E-state index contributed by atoms with van der Waals surface area (Å²) in [6.45, 7) is 4.27. The summed E-state index contributed by atoms with van der Waals surface area (Å²) in [7, 11) is 1.99. The molecule has 2 aromatic rings. The third-order valence-electron chi connectivity index (χ3n) is 3.88. The molecule has 0 spiro atoms. The van der Waals surface area contributed by atoms with Crippen molar-refractivity contribution in [2.45, 2.75) is 32.2 Å². The molecule has 0 saturated heterocycles. The van der Waals surface area contributed by atoms with Gasteiger partial charge in [0, 0.05) is 24.3 Å². The highest BCUT2D eigenvalue weighted by molar-refractivity contribution is 6.17. The van der Waals surface area contributed by atoms with Crippen LogP contribution < -0.4 is 4.90 Å². The van der Waals surface area contributed by atoms with Crippen molar-refractivity contribution in [3.8, 4) is 0 Å². The fraction of sp³-hybridized carbons (Fsp3) is 0.400. The predicted octanol–water partition coefficient (Wildman–Crippen LogP) is 3.55. The Morgan fingerprint density at radius 2 is 2.11 bits per heavy atom. The molecule has 0 saturated carbocycles. The van der Waals surface area contributed by atoms with Crippen molar-refractivity contribution in [1.29, 1.82) is 0 Å². The van der Waals surface area contributed by atoms with Crippen LogP contribution in [0.25, 0.3) is 0 Å². The first-order chi connectivity index (χ1) is 9.13. The Bertz CT molecular complexity index is 618. The van der Waals surface area contributed by atoms with Crippen molar-refractivity contribution < 1.29 is 0 Å². The summed E-state index contributed by atoms with van der Waals surface area (Å²) in [5.41, 5.74) is 4.83. The second-order valence-corrected chi connectivity index (χ2v) is 5.46. The number of benzene rings is 1. The van der Waals surface area contributed by atoms with Gasteiger partial charge in [-0.1, -0.05) is 18.2 Å². The van der Waals surface area contributed by atoms with Crippen LogP contribution in [0.1, 0.15) is 23.7 Å². The highest BCUT2D eigenvalue weighted by Crippen LogP contribution is 2.40. The van der Waals surface area contributed by atoms with Crippen LogP contribution in [0.3, 0.4) is 0 Å². The zero-order valence-corrected chi connectivity index (χ0v) is 12.3. The van der Waals surface area contributed by atoms with E-state index in [1.807, 2.05) is 18.7 Å². The number of para-hydroxylation sites is 1. The number of aryl methyl sites for hydroxylation is 2. The van der Waals surface area contributed by atoms with Crippen molar-refractivity contribution >= 4 is 23.1 Å². The van der Waals surface area contributed by atoms with Crippen LogP contribution in [0.2, 0.25) is 0 Å². The maximum absolute atomic E-state index is 6.12. The van der Waals surface area contributed by atoms with E-state index < -0.39 is 0 Å². The molecule has 2 heterocycles. The molecule has 1 aliphatic heterocycles. The van der Waals surface area contributed by atoms with Gasteiger partial charge in [0.1, 0.15) is 5.82 Å². The molecule has 0 amide bonds. The van der Waals surface area contributed by atoms with Gasteiger partial charge in [-0.15, -0.1) is 11.6 Å². The molecule has 1 atom stereocenters. The lowest BCUT2D eigenvalue weighted by Crippen LogP contribution is -2.26. The molecule has 3 rings (SSSR count). The minimum Gasteiger partial charge on any atom is -0.323 e. The lowest BCUT2D eigenvalue weighted by Gasteiger charge is -2.26. The van der Waals surface area contributed by atoms with E-state index in [1.165, 1.54) is 11.3 Å². The Balaban J connectivity index is 2.17. The number of hydrogen-bond acceptors (Lipinski definition) is 2. The largest absolute Gasteiger partial charge is 0.323 e. The van der Waals surface area contributed by atoms with Gasteiger partial charge in [-0.3, -0.25) is 4.68 Å². The van der Waals surface area contributed by atoms with Crippen LogP contribution in [0.5, 0.6) is 0 Å². The summed E-state index contributed by atoms with van der Waals surface area (Å²) in [6.07, 6.45) is 1.07. The molecule has 100 valence electrons. The summed E-state index contributed by atoms with van der Waals surface area (Å²) >= 11 is 6.12. The summed E-state index contributed by atoms with van der Waals surface area (Å²) in [5, 5.41) is 4.52. The van der Waals surface area contributed by atoms with Crippen molar-refractivity contribution in [1.82, 2.24) is 9.78 Å². The van der Waals surface area contributed by atoms with Crippen LogP contribution in [0.4, 0.5) is 11.5 Å². The fourth-order valence-corrected chi connectivity index (χ4v) is 3.35. The van der Waals surface area contributed by atoms with Crippen molar-refractivity contribution in [3.05, 3.63) is 41.1 Å². The van der Waals surface area contributed by atoms with Gasteiger partial charge in [0.15, 0.2) is 0 Å². The van der Waals surface area contributed by atoms with Crippen molar-refractivity contribution in [2.24, 2.45) is 7.05 Å². The average Bonchev–Trinajstić information content (AvgIpc) is 2.84. The Kier molecular flexibility index (Phi) is 3.02. The number of hydrogen-bond donors (Lipinski definition) is 0. The number of aromatic nitrogens is 2. The third kappa shape index (κ3) is 1.84. The minimum absolute atomic E-state index is 0.439. The molecule has 3 nitrogen and oxygen atoms in total. The second-order valence-electron chi connectivity index (χ2n) is 5.20. The topological polar surface area (TPSA) is 21.1 Å². The van der Waals surface area contributed by atoms with Gasteiger partial charge in [-0.25, -0.2) is 0 Å². The maximum Gasteiger partial charge on any atom is 0.135 e. The summed E-state index contributed by atoms with van der Waals surface area (Å²) in [4.78, 5) is 2.37. The van der Waals surface area contributed by atoms with E-state index >= 15 is 0 Å². The normalized spacial score (nSPS) is 17.9. The Morgan fingerprint density at radius 1 is 1.37 bits per heavy atom. The maximum atomic E-state index is 6.12. The van der Waals surface area contributed by atoms with Crippen molar-refractivity contribution in [3.63, 3.8) is 0 Å². The molecule has 1 aromatic carbocycles. The Morgan fingerprint density at radius 3 is 2.84 bits per heavy atom. The van der Waals surface area contributed by atoms with Gasteiger partial charge in [0.2, 0.25) is 0 Å². The number of fused-ring (bicyclic) bond motifs is 1. The van der Waals surface area contributed by atoms with E-state index in [0.717, 1.165) is 23.5 Å². The second kappa shape index (κ2) is 4.57. The molecule has 0 bridgehead atoms. The molecule has 0 fully saturated rings. The first-order valence-corrected chi connectivity index (χ1v) is 7.12. The van der Waals surface area contributed by atoms with Gasteiger partial charge >= 0.3 is 0 Å². The van der Waals surface area contributed by atoms with E-state index in [-0.39, 0.29) is 0 Å². The highest BCUT2D eigenvalue weighted by atomic mass is 35.5. The van der Waals surface area contributed by atoms with Gasteiger partial charge in [-0.2, -0.15) is 5.10 Å². The van der Waals surface area contributed by atoms with E-state index in [1.54, 1.807) is 0 Å². The number of anilines is 2. The molecule has 0 radical (unpaired) electrons. The fourth-order valence-electron chi connectivity index (χ4n) is 3.04. The van der Waals surface area contributed by atoms with Gasteiger partial charge < -0.3 is 4.90 Å². The van der Waals surface area contributed by atoms with Crippen LogP contribution >= 0.6 is 11.6 Å². The molecule has 0 N–H and O–H groups in total. The molecule has 1 aromatic heterocycles. The molecular formula is C15H18ClN3. The summed E-state index contributed by atoms with van der Waals surface area (Å²) in [6, 6.07) is 9.02. The predicted molar refractivity (Wildman–Crippen MR) is 79.2 cm³/mol. The molecule has 1 unspecified atom stereocenters. The molecular weight excluding hydrogens is 258 g/mol. The van der Waals surface area contributed by atoms with E-state index in [9.17, 15) is 0 Å². The monoisotopic (exact) mass is 275 g/mol. The minimum atomic E-state index is 0.439. The lowest BCUT2D eigenvalue weighted by molar-refractivity contribution is 0.693. The smallest absolute Gasteiger partial charge is 0.135 e. The van der Waals surface area contributed by atoms with Crippen LogP contribution in [-0.4, -0.2) is 15.8 Å². The Labute approximate surface area is 118 Å². The first-order valence-electron chi connectivity index (χ1n) is 6.59. The lowest BCUT2D eigenvalue weighted by atomic mass is 10.1. The zero-order valence-electron chi connectivity index (χ0n) is 11.5. The number of rotatable bonds is 2. The van der Waals surface area contributed by atoms with Crippen LogP contribution in [-0.2, 0) is 19.3 Å². The number of halogens is 1. The van der Waals surface area contributed by atoms with Gasteiger partial charge in [-0.05, 0) is 31.9 Å². The van der Waals surface area contributed by atoms with Crippen LogP contribution in [0, 0.1) is 6.92 Å². The van der Waals surface area contributed by atoms with E-state index in [4.69, 9.17) is 11.6 Å². The zero-order chi connectivity index (χ0) is 13.6. The standard InChI is InChI=1S/C15H18ClN3/c1-10-8-12-6-4-5-7-14(12)19(10)15-13(9-16)11(2)17-18(15)3/h4-7,10H,8-9H2,1-3H3. The SMILES string of the molecule is Cc1nn(C)c(N2c3ccccc3CC2C)c1CCl. The van der Waals surface area contributed by atoms with Crippen LogP contribution in [0.15, 0.2) is 24.3 Å². The van der Waals surface area contributed by atoms with Gasteiger partial charge in [0.25, 0.3) is 0 Å². The molecule has 1 aliphatic rings. The summed E-state index contributed by atoms with van der Waals surface area (Å²) in [5.74, 6) is 1.63. The average molecular weight is 276 g/mol.